The van der Waals surface area contributed by atoms with Gasteiger partial charge in [0.05, 0.1) is 33.0 Å². The van der Waals surface area contributed by atoms with E-state index in [4.69, 9.17) is 28.8 Å². The first kappa shape index (κ1) is 41.2. The van der Waals surface area contributed by atoms with Gasteiger partial charge in [-0.25, -0.2) is 0 Å². The third-order valence-electron chi connectivity index (χ3n) is 9.68. The van der Waals surface area contributed by atoms with Crippen LogP contribution in [0.5, 0.6) is 0 Å². The Balaban J connectivity index is 1.29. The maximum atomic E-state index is 8.99. The van der Waals surface area contributed by atoms with Crippen LogP contribution in [-0.2, 0) is 50.1 Å². The molecule has 0 aromatic heterocycles. The van der Waals surface area contributed by atoms with Gasteiger partial charge in [0.2, 0.25) is 0 Å². The summed E-state index contributed by atoms with van der Waals surface area (Å²) in [5, 5.41) is 8.99. The number of unbranched alkanes of at least 4 members (excludes halogenated alkanes) is 9. The lowest BCUT2D eigenvalue weighted by Crippen LogP contribution is -2.60. The Bertz CT molecular complexity index is 1460. The molecular formula is C46H60O6S. The summed E-state index contributed by atoms with van der Waals surface area (Å²) < 4.78 is 33.9. The third kappa shape index (κ3) is 15.3. The van der Waals surface area contributed by atoms with Crippen LogP contribution in [0, 0.1) is 0 Å². The molecule has 5 atom stereocenters. The van der Waals surface area contributed by atoms with Crippen molar-refractivity contribution in [1.82, 2.24) is 0 Å². The molecule has 1 saturated heterocycles. The molecule has 0 bridgehead atoms. The van der Waals surface area contributed by atoms with E-state index in [-0.39, 0.29) is 17.6 Å². The lowest BCUT2D eigenvalue weighted by atomic mass is 9.98. The minimum Gasteiger partial charge on any atom is -0.396 e. The zero-order valence-electron chi connectivity index (χ0n) is 31.4. The highest BCUT2D eigenvalue weighted by Gasteiger charge is 2.48. The van der Waals surface area contributed by atoms with E-state index in [1.165, 1.54) is 44.9 Å². The number of hydrogen-bond donors (Lipinski definition) is 1. The molecule has 1 fully saturated rings. The van der Waals surface area contributed by atoms with E-state index >= 15 is 0 Å². The van der Waals surface area contributed by atoms with Crippen LogP contribution in [0.4, 0.5) is 0 Å². The van der Waals surface area contributed by atoms with E-state index in [0.717, 1.165) is 47.3 Å². The predicted octanol–water partition coefficient (Wildman–Crippen LogP) is 10.3. The van der Waals surface area contributed by atoms with Crippen LogP contribution in [0.25, 0.3) is 0 Å². The highest BCUT2D eigenvalue weighted by Crippen LogP contribution is 2.36. The summed E-state index contributed by atoms with van der Waals surface area (Å²) in [7, 11) is 0. The van der Waals surface area contributed by atoms with Crippen LogP contribution in [0.15, 0.2) is 121 Å². The number of thioether (sulfide) groups is 1. The third-order valence-corrected chi connectivity index (χ3v) is 10.9. The average molecular weight is 741 g/mol. The van der Waals surface area contributed by atoms with Gasteiger partial charge in [-0.3, -0.25) is 0 Å². The summed E-state index contributed by atoms with van der Waals surface area (Å²) in [5.41, 5.74) is 4.19. The highest BCUT2D eigenvalue weighted by atomic mass is 32.2. The van der Waals surface area contributed by atoms with Gasteiger partial charge in [-0.05, 0) is 40.8 Å². The number of hydrogen-bond acceptors (Lipinski definition) is 7. The zero-order chi connectivity index (χ0) is 36.6. The summed E-state index contributed by atoms with van der Waals surface area (Å²) in [6, 6.07) is 41.2. The molecule has 1 aliphatic heterocycles. The lowest BCUT2D eigenvalue weighted by molar-refractivity contribution is -0.254. The molecule has 1 aliphatic rings. The van der Waals surface area contributed by atoms with Crippen molar-refractivity contribution in [2.45, 2.75) is 120 Å². The van der Waals surface area contributed by atoms with Gasteiger partial charge in [-0.15, -0.1) is 11.8 Å². The van der Waals surface area contributed by atoms with Crippen LogP contribution < -0.4 is 0 Å². The van der Waals surface area contributed by atoms with Gasteiger partial charge >= 0.3 is 0 Å². The number of aliphatic hydroxyl groups excluding tert-OH is 1. The van der Waals surface area contributed by atoms with Crippen LogP contribution in [0.3, 0.4) is 0 Å². The SMILES string of the molecule is OCCCCCCCCCCCCS[C@H]1O[C@H](COCc2ccccc2)[C@H](OCc2ccccc2)[C@H](OCc2ccccc2)[C@H]1OCc1ccccc1. The van der Waals surface area contributed by atoms with Gasteiger partial charge in [0.1, 0.15) is 29.9 Å². The Hall–Kier alpha value is -3.01. The minimum atomic E-state index is -0.420. The Kier molecular flexibility index (Phi) is 19.5. The van der Waals surface area contributed by atoms with Crippen molar-refractivity contribution in [2.75, 3.05) is 19.0 Å². The van der Waals surface area contributed by atoms with Crippen molar-refractivity contribution in [2.24, 2.45) is 0 Å². The fourth-order valence-corrected chi connectivity index (χ4v) is 7.96. The Morgan fingerprint density at radius 1 is 0.453 bits per heavy atom. The molecule has 4 aromatic rings. The molecule has 286 valence electrons. The van der Waals surface area contributed by atoms with Gasteiger partial charge in [0.15, 0.2) is 0 Å². The van der Waals surface area contributed by atoms with Crippen molar-refractivity contribution < 1.29 is 28.8 Å². The smallest absolute Gasteiger partial charge is 0.132 e. The first-order valence-electron chi connectivity index (χ1n) is 19.8. The Morgan fingerprint density at radius 3 is 1.32 bits per heavy atom. The molecular weight excluding hydrogens is 681 g/mol. The molecule has 4 aromatic carbocycles. The van der Waals surface area contributed by atoms with Crippen molar-refractivity contribution in [1.29, 1.82) is 0 Å². The highest BCUT2D eigenvalue weighted by molar-refractivity contribution is 7.99. The van der Waals surface area contributed by atoms with Crippen molar-refractivity contribution >= 4 is 11.8 Å². The van der Waals surface area contributed by atoms with Crippen LogP contribution in [0.2, 0.25) is 0 Å². The predicted molar refractivity (Wildman–Crippen MR) is 216 cm³/mol. The van der Waals surface area contributed by atoms with Gasteiger partial charge in [-0.1, -0.05) is 173 Å². The molecule has 0 unspecified atom stereocenters. The minimum absolute atomic E-state index is 0.250. The quantitative estimate of drug-likeness (QED) is 0.0643. The topological polar surface area (TPSA) is 66.4 Å². The van der Waals surface area contributed by atoms with E-state index in [1.807, 2.05) is 72.4 Å². The number of ether oxygens (including phenoxy) is 5. The van der Waals surface area contributed by atoms with E-state index < -0.39 is 12.2 Å². The molecule has 1 heterocycles. The van der Waals surface area contributed by atoms with E-state index in [9.17, 15) is 0 Å². The van der Waals surface area contributed by atoms with Crippen molar-refractivity contribution in [3.63, 3.8) is 0 Å². The second kappa shape index (κ2) is 25.1. The van der Waals surface area contributed by atoms with E-state index in [0.29, 0.717) is 39.6 Å². The van der Waals surface area contributed by atoms with Gasteiger partial charge in [0, 0.05) is 6.61 Å². The van der Waals surface area contributed by atoms with Crippen molar-refractivity contribution in [3.05, 3.63) is 144 Å². The van der Waals surface area contributed by atoms with Crippen LogP contribution in [-0.4, -0.2) is 53.9 Å². The maximum absolute atomic E-state index is 8.99. The fourth-order valence-electron chi connectivity index (χ4n) is 6.71. The van der Waals surface area contributed by atoms with Crippen molar-refractivity contribution in [3.8, 4) is 0 Å². The maximum Gasteiger partial charge on any atom is 0.132 e. The Labute approximate surface area is 322 Å². The summed E-state index contributed by atoms with van der Waals surface area (Å²) in [6.07, 6.45) is 10.5. The molecule has 0 radical (unpaired) electrons. The average Bonchev–Trinajstić information content (AvgIpc) is 3.21. The number of aliphatic hydroxyl groups is 1. The van der Waals surface area contributed by atoms with Crippen LogP contribution >= 0.6 is 11.8 Å². The second-order valence-electron chi connectivity index (χ2n) is 14.0. The normalized spacial score (nSPS) is 20.1. The summed E-state index contributed by atoms with van der Waals surface area (Å²) >= 11 is 1.84. The molecule has 0 spiro atoms. The summed E-state index contributed by atoms with van der Waals surface area (Å²) in [6.45, 7) is 2.52. The molecule has 1 N–H and O–H groups in total. The lowest BCUT2D eigenvalue weighted by Gasteiger charge is -2.46. The Morgan fingerprint density at radius 2 is 0.849 bits per heavy atom. The molecule has 5 rings (SSSR count). The van der Waals surface area contributed by atoms with E-state index in [1.54, 1.807) is 0 Å². The second-order valence-corrected chi connectivity index (χ2v) is 15.2. The largest absolute Gasteiger partial charge is 0.396 e. The summed E-state index contributed by atoms with van der Waals surface area (Å²) in [4.78, 5) is 0. The molecule has 7 heteroatoms. The molecule has 0 aliphatic carbocycles. The molecule has 53 heavy (non-hydrogen) atoms. The number of benzene rings is 4. The van der Waals surface area contributed by atoms with Gasteiger partial charge in [-0.2, -0.15) is 0 Å². The van der Waals surface area contributed by atoms with Crippen LogP contribution in [0.1, 0.15) is 86.5 Å². The van der Waals surface area contributed by atoms with Gasteiger partial charge in [0.25, 0.3) is 0 Å². The molecule has 6 nitrogen and oxygen atoms in total. The number of rotatable bonds is 26. The zero-order valence-corrected chi connectivity index (χ0v) is 32.2. The first-order valence-corrected chi connectivity index (χ1v) is 20.8. The van der Waals surface area contributed by atoms with Gasteiger partial charge < -0.3 is 28.8 Å². The monoisotopic (exact) mass is 740 g/mol. The van der Waals surface area contributed by atoms with E-state index in [2.05, 4.69) is 60.7 Å². The standard InChI is InChI=1S/C46H60O6S/c47-31-21-7-5-3-1-2-4-6-8-22-32-53-46-45(51-36-41-29-19-12-20-30-41)44(50-35-40-27-17-11-18-28-40)43(49-34-39-25-15-10-16-26-39)42(52-46)37-48-33-38-23-13-9-14-24-38/h9-20,23-30,42-47H,1-8,21-22,31-37H2/t42-,43+,44+,45-,46-/m1/s1. The summed E-state index contributed by atoms with van der Waals surface area (Å²) in [5.74, 6) is 0.982. The first-order chi connectivity index (χ1) is 26.3. The molecule has 0 saturated carbocycles. The fraction of sp³-hybridized carbons (Fsp3) is 0.478. The molecule has 0 amide bonds.